The lowest BCUT2D eigenvalue weighted by molar-refractivity contribution is -0.126. The second-order valence-electron chi connectivity index (χ2n) is 14.3. The van der Waals surface area contributed by atoms with Crippen molar-refractivity contribution in [1.29, 1.82) is 0 Å². The number of rotatable bonds is 14. The van der Waals surface area contributed by atoms with Gasteiger partial charge in [0.05, 0.1) is 6.54 Å². The van der Waals surface area contributed by atoms with Crippen LogP contribution in [0.1, 0.15) is 73.8 Å². The van der Waals surface area contributed by atoms with Crippen molar-refractivity contribution in [3.8, 4) is 0 Å². The summed E-state index contributed by atoms with van der Waals surface area (Å²) >= 11 is 0. The van der Waals surface area contributed by atoms with Crippen LogP contribution in [0.2, 0.25) is 0 Å². The monoisotopic (exact) mass is 718 g/mol. The number of nitrogens with zero attached hydrogens (tertiary/aromatic N) is 1. The molecule has 0 unspecified atom stereocenters. The van der Waals surface area contributed by atoms with Crippen LogP contribution in [0.5, 0.6) is 0 Å². The van der Waals surface area contributed by atoms with E-state index in [1.807, 2.05) is 115 Å². The van der Waals surface area contributed by atoms with E-state index in [0.29, 0.717) is 38.8 Å². The SMILES string of the molecule is CC(C)(C)OC(=O)N[C@H](CCCCNC(=O)[C@@H]1Cc2ccccc2CN1C(=O)OCc1ccccc1)C(=O)NCC(c1ccccc1)c1ccccc1. The van der Waals surface area contributed by atoms with Gasteiger partial charge < -0.3 is 25.4 Å². The number of hydrogen-bond acceptors (Lipinski definition) is 6. The van der Waals surface area contributed by atoms with Crippen molar-refractivity contribution in [2.45, 2.75) is 83.2 Å². The van der Waals surface area contributed by atoms with Crippen molar-refractivity contribution >= 4 is 24.0 Å². The zero-order valence-electron chi connectivity index (χ0n) is 30.8. The van der Waals surface area contributed by atoms with Crippen molar-refractivity contribution in [2.24, 2.45) is 0 Å². The lowest BCUT2D eigenvalue weighted by Crippen LogP contribution is -2.52. The third kappa shape index (κ3) is 11.7. The van der Waals surface area contributed by atoms with E-state index in [0.717, 1.165) is 27.8 Å². The second kappa shape index (κ2) is 18.7. The molecule has 2 atom stereocenters. The normalized spacial score (nSPS) is 14.4. The van der Waals surface area contributed by atoms with Crippen molar-refractivity contribution in [1.82, 2.24) is 20.9 Å². The number of unbranched alkanes of at least 4 members (excludes halogenated alkanes) is 1. The fourth-order valence-corrected chi connectivity index (χ4v) is 6.40. The van der Waals surface area contributed by atoms with Crippen LogP contribution in [0.15, 0.2) is 115 Å². The summed E-state index contributed by atoms with van der Waals surface area (Å²) in [6.07, 6.45) is 0.557. The van der Waals surface area contributed by atoms with Crippen molar-refractivity contribution < 1.29 is 28.7 Å². The minimum Gasteiger partial charge on any atom is -0.445 e. The van der Waals surface area contributed by atoms with Gasteiger partial charge in [-0.25, -0.2) is 9.59 Å². The van der Waals surface area contributed by atoms with E-state index in [2.05, 4.69) is 16.0 Å². The predicted octanol–water partition coefficient (Wildman–Crippen LogP) is 6.88. The Morgan fingerprint density at radius 3 is 1.96 bits per heavy atom. The first-order valence-electron chi connectivity index (χ1n) is 18.3. The van der Waals surface area contributed by atoms with Gasteiger partial charge in [-0.05, 0) is 67.9 Å². The molecule has 4 aromatic rings. The minimum absolute atomic E-state index is 0.0827. The Bertz CT molecular complexity index is 1760. The minimum atomic E-state index is -0.850. The first-order chi connectivity index (χ1) is 25.6. The molecular formula is C43H50N4O6. The van der Waals surface area contributed by atoms with E-state index in [9.17, 15) is 19.2 Å². The van der Waals surface area contributed by atoms with Crippen LogP contribution < -0.4 is 16.0 Å². The van der Waals surface area contributed by atoms with Crippen LogP contribution in [-0.2, 0) is 38.6 Å². The molecule has 0 aromatic heterocycles. The molecule has 0 saturated heterocycles. The zero-order valence-corrected chi connectivity index (χ0v) is 30.8. The molecular weight excluding hydrogens is 668 g/mol. The fraction of sp³-hybridized carbons (Fsp3) is 0.349. The van der Waals surface area contributed by atoms with Crippen molar-refractivity contribution in [2.75, 3.05) is 13.1 Å². The van der Waals surface area contributed by atoms with Gasteiger partial charge in [-0.2, -0.15) is 0 Å². The molecule has 1 heterocycles. The van der Waals surface area contributed by atoms with Gasteiger partial charge in [0.15, 0.2) is 0 Å². The molecule has 1 aliphatic heterocycles. The standard InChI is InChI=1S/C43H50N4O6/c1-43(2,3)53-41(50)46-37(39(48)45-28-36(32-19-9-5-10-20-32)33-21-11-6-12-22-33)25-15-16-26-44-40(49)38-27-34-23-13-14-24-35(34)29-47(38)42(51)52-30-31-17-7-4-8-18-31/h4-14,17-24,36-38H,15-16,25-30H2,1-3H3,(H,44,49)(H,45,48)(H,46,50)/t37-,38+/m1/s1. The maximum absolute atomic E-state index is 13.6. The Morgan fingerprint density at radius 2 is 1.34 bits per heavy atom. The van der Waals surface area contributed by atoms with Gasteiger partial charge >= 0.3 is 12.2 Å². The van der Waals surface area contributed by atoms with Crippen LogP contribution in [0.25, 0.3) is 0 Å². The summed E-state index contributed by atoms with van der Waals surface area (Å²) in [4.78, 5) is 54.8. The number of benzene rings is 4. The van der Waals surface area contributed by atoms with Crippen LogP contribution in [0, 0.1) is 0 Å². The topological polar surface area (TPSA) is 126 Å². The Labute approximate surface area is 312 Å². The number of alkyl carbamates (subject to hydrolysis) is 1. The first kappa shape index (κ1) is 38.6. The number of ether oxygens (including phenoxy) is 2. The number of fused-ring (bicyclic) bond motifs is 1. The summed E-state index contributed by atoms with van der Waals surface area (Å²) < 4.78 is 11.1. The van der Waals surface area contributed by atoms with E-state index in [1.54, 1.807) is 20.8 Å². The van der Waals surface area contributed by atoms with Gasteiger partial charge in [0.2, 0.25) is 11.8 Å². The Morgan fingerprint density at radius 1 is 0.755 bits per heavy atom. The Hall–Kier alpha value is -5.64. The quantitative estimate of drug-likeness (QED) is 0.122. The molecule has 10 heteroatoms. The van der Waals surface area contributed by atoms with Gasteiger partial charge in [-0.3, -0.25) is 14.5 Å². The first-order valence-corrected chi connectivity index (χ1v) is 18.3. The maximum atomic E-state index is 13.6. The average Bonchev–Trinajstić information content (AvgIpc) is 3.16. The van der Waals surface area contributed by atoms with Gasteiger partial charge in [-0.15, -0.1) is 0 Å². The van der Waals surface area contributed by atoms with E-state index in [1.165, 1.54) is 4.90 Å². The highest BCUT2D eigenvalue weighted by Gasteiger charge is 2.35. The van der Waals surface area contributed by atoms with E-state index >= 15 is 0 Å². The summed E-state index contributed by atoms with van der Waals surface area (Å²) in [6, 6.07) is 35.6. The van der Waals surface area contributed by atoms with Crippen molar-refractivity contribution in [3.63, 3.8) is 0 Å². The molecule has 0 radical (unpaired) electrons. The third-order valence-corrected chi connectivity index (χ3v) is 9.10. The molecule has 0 spiro atoms. The highest BCUT2D eigenvalue weighted by molar-refractivity contribution is 5.87. The second-order valence-corrected chi connectivity index (χ2v) is 14.3. The van der Waals surface area contributed by atoms with Crippen LogP contribution >= 0.6 is 0 Å². The van der Waals surface area contributed by atoms with Gasteiger partial charge in [-0.1, -0.05) is 115 Å². The molecule has 0 aliphatic carbocycles. The van der Waals surface area contributed by atoms with Gasteiger partial charge in [0, 0.05) is 25.4 Å². The summed E-state index contributed by atoms with van der Waals surface area (Å²) in [7, 11) is 0. The third-order valence-electron chi connectivity index (χ3n) is 9.10. The number of hydrogen-bond donors (Lipinski definition) is 3. The molecule has 278 valence electrons. The maximum Gasteiger partial charge on any atom is 0.411 e. The summed E-state index contributed by atoms with van der Waals surface area (Å²) in [6.45, 7) is 6.35. The molecule has 53 heavy (non-hydrogen) atoms. The smallest absolute Gasteiger partial charge is 0.411 e. The molecule has 0 bridgehead atoms. The van der Waals surface area contributed by atoms with E-state index in [4.69, 9.17) is 9.47 Å². The Balaban J connectivity index is 1.18. The van der Waals surface area contributed by atoms with E-state index < -0.39 is 29.9 Å². The largest absolute Gasteiger partial charge is 0.445 e. The molecule has 10 nitrogen and oxygen atoms in total. The fourth-order valence-electron chi connectivity index (χ4n) is 6.40. The lowest BCUT2D eigenvalue weighted by Gasteiger charge is -2.35. The highest BCUT2D eigenvalue weighted by atomic mass is 16.6. The van der Waals surface area contributed by atoms with Gasteiger partial charge in [0.1, 0.15) is 24.3 Å². The zero-order chi connectivity index (χ0) is 37.6. The van der Waals surface area contributed by atoms with Gasteiger partial charge in [0.25, 0.3) is 0 Å². The summed E-state index contributed by atoms with van der Waals surface area (Å²) in [5.41, 5.74) is 4.26. The number of nitrogens with one attached hydrogen (secondary N) is 3. The number of amides is 4. The number of carbonyl (C=O) groups excluding carboxylic acids is 4. The lowest BCUT2D eigenvalue weighted by atomic mass is 9.91. The van der Waals surface area contributed by atoms with Crippen LogP contribution in [0.4, 0.5) is 9.59 Å². The Kier molecular flexibility index (Phi) is 13.6. The van der Waals surface area contributed by atoms with Crippen LogP contribution in [0.3, 0.4) is 0 Å². The summed E-state index contributed by atoms with van der Waals surface area (Å²) in [5, 5.41) is 8.82. The molecule has 4 amide bonds. The van der Waals surface area contributed by atoms with Crippen molar-refractivity contribution in [3.05, 3.63) is 143 Å². The molecule has 0 fully saturated rings. The molecule has 5 rings (SSSR count). The summed E-state index contributed by atoms with van der Waals surface area (Å²) in [5.74, 6) is -0.673. The predicted molar refractivity (Wildman–Crippen MR) is 204 cm³/mol. The molecule has 4 aromatic carbocycles. The average molecular weight is 719 g/mol. The molecule has 3 N–H and O–H groups in total. The molecule has 1 aliphatic rings. The van der Waals surface area contributed by atoms with E-state index in [-0.39, 0.29) is 30.9 Å². The number of carbonyl (C=O) groups is 4. The molecule has 0 saturated carbocycles. The highest BCUT2D eigenvalue weighted by Crippen LogP contribution is 2.26. The van der Waals surface area contributed by atoms with Crippen LogP contribution in [-0.4, -0.2) is 59.7 Å².